The summed E-state index contributed by atoms with van der Waals surface area (Å²) in [4.78, 5) is 0. The Morgan fingerprint density at radius 3 is 2.10 bits per heavy atom. The van der Waals surface area contributed by atoms with E-state index in [-0.39, 0.29) is 0 Å². The number of anilines is 1. The van der Waals surface area contributed by atoms with Crippen LogP contribution in [0.5, 0.6) is 17.2 Å². The highest BCUT2D eigenvalue weighted by Gasteiger charge is 2.13. The van der Waals surface area contributed by atoms with Gasteiger partial charge in [-0.3, -0.25) is 0 Å². The minimum atomic E-state index is 0.422. The van der Waals surface area contributed by atoms with Crippen LogP contribution in [-0.2, 0) is 13.0 Å². The van der Waals surface area contributed by atoms with Gasteiger partial charge in [-0.2, -0.15) is 0 Å². The molecule has 7 nitrogen and oxygen atoms in total. The number of nitrogens with zero attached hydrogens (tertiary/aromatic N) is 2. The summed E-state index contributed by atoms with van der Waals surface area (Å²) >= 11 is 0. The standard InChI is InChI=1S/C14H19N3O4/c1-5-12-16-17-13(21-12)8-15-9-6-10(18-2)14(20-4)11(7-9)19-3/h6-7,15H,5,8H2,1-4H3. The van der Waals surface area contributed by atoms with Crippen LogP contribution in [0.2, 0.25) is 0 Å². The Labute approximate surface area is 123 Å². The molecule has 0 amide bonds. The highest BCUT2D eigenvalue weighted by Crippen LogP contribution is 2.39. The molecular formula is C14H19N3O4. The second-order valence-electron chi connectivity index (χ2n) is 4.21. The van der Waals surface area contributed by atoms with Crippen LogP contribution in [0.4, 0.5) is 5.69 Å². The van der Waals surface area contributed by atoms with Gasteiger partial charge in [-0.25, -0.2) is 0 Å². The van der Waals surface area contributed by atoms with E-state index in [4.69, 9.17) is 18.6 Å². The van der Waals surface area contributed by atoms with E-state index >= 15 is 0 Å². The van der Waals surface area contributed by atoms with Crippen molar-refractivity contribution in [1.29, 1.82) is 0 Å². The minimum Gasteiger partial charge on any atom is -0.493 e. The van der Waals surface area contributed by atoms with Crippen molar-refractivity contribution in [2.75, 3.05) is 26.6 Å². The molecule has 2 rings (SSSR count). The van der Waals surface area contributed by atoms with Gasteiger partial charge in [-0.1, -0.05) is 6.92 Å². The summed E-state index contributed by atoms with van der Waals surface area (Å²) in [6, 6.07) is 3.64. The zero-order valence-corrected chi connectivity index (χ0v) is 12.6. The maximum absolute atomic E-state index is 5.44. The Kier molecular flexibility index (Phi) is 4.86. The third kappa shape index (κ3) is 3.36. The first-order chi connectivity index (χ1) is 10.2. The average Bonchev–Trinajstić information content (AvgIpc) is 2.99. The number of ether oxygens (including phenoxy) is 3. The topological polar surface area (TPSA) is 78.6 Å². The van der Waals surface area contributed by atoms with E-state index < -0.39 is 0 Å². The number of hydrogen-bond acceptors (Lipinski definition) is 7. The Balaban J connectivity index is 2.15. The molecule has 1 heterocycles. The molecule has 21 heavy (non-hydrogen) atoms. The third-order valence-corrected chi connectivity index (χ3v) is 2.92. The van der Waals surface area contributed by atoms with Crippen LogP contribution in [0, 0.1) is 0 Å². The van der Waals surface area contributed by atoms with E-state index in [2.05, 4.69) is 15.5 Å². The molecule has 1 N–H and O–H groups in total. The first-order valence-electron chi connectivity index (χ1n) is 6.57. The quantitative estimate of drug-likeness (QED) is 0.838. The van der Waals surface area contributed by atoms with E-state index in [0.717, 1.165) is 12.1 Å². The van der Waals surface area contributed by atoms with Crippen molar-refractivity contribution in [3.05, 3.63) is 23.9 Å². The van der Waals surface area contributed by atoms with Crippen LogP contribution in [0.15, 0.2) is 16.5 Å². The largest absolute Gasteiger partial charge is 0.493 e. The lowest BCUT2D eigenvalue weighted by Crippen LogP contribution is -2.02. The van der Waals surface area contributed by atoms with Gasteiger partial charge in [0, 0.05) is 24.2 Å². The first-order valence-corrected chi connectivity index (χ1v) is 6.57. The summed E-state index contributed by atoms with van der Waals surface area (Å²) in [6.07, 6.45) is 0.719. The normalized spacial score (nSPS) is 10.3. The molecule has 0 atom stereocenters. The molecule has 2 aromatic rings. The van der Waals surface area contributed by atoms with Crippen LogP contribution >= 0.6 is 0 Å². The molecule has 0 saturated carbocycles. The molecule has 0 unspecified atom stereocenters. The Morgan fingerprint density at radius 2 is 1.62 bits per heavy atom. The van der Waals surface area contributed by atoms with E-state index in [1.807, 2.05) is 19.1 Å². The van der Waals surface area contributed by atoms with Gasteiger partial charge in [0.05, 0.1) is 27.9 Å². The van der Waals surface area contributed by atoms with Gasteiger partial charge in [0.2, 0.25) is 17.5 Å². The zero-order chi connectivity index (χ0) is 15.2. The maximum atomic E-state index is 5.44. The fourth-order valence-corrected chi connectivity index (χ4v) is 1.86. The summed E-state index contributed by atoms with van der Waals surface area (Å²) < 4.78 is 21.3. The molecule has 0 spiro atoms. The van der Waals surface area contributed by atoms with Crippen molar-refractivity contribution in [1.82, 2.24) is 10.2 Å². The van der Waals surface area contributed by atoms with Crippen molar-refractivity contribution in [2.24, 2.45) is 0 Å². The van der Waals surface area contributed by atoms with E-state index in [1.54, 1.807) is 21.3 Å². The Hall–Kier alpha value is -2.44. The maximum Gasteiger partial charge on any atom is 0.235 e. The molecule has 0 aliphatic heterocycles. The van der Waals surface area contributed by atoms with Gasteiger partial charge >= 0.3 is 0 Å². The molecular weight excluding hydrogens is 274 g/mol. The third-order valence-electron chi connectivity index (χ3n) is 2.92. The average molecular weight is 293 g/mol. The van der Waals surface area contributed by atoms with Crippen molar-refractivity contribution in [3.63, 3.8) is 0 Å². The molecule has 1 aromatic carbocycles. The van der Waals surface area contributed by atoms with Crippen LogP contribution in [-0.4, -0.2) is 31.5 Å². The number of methoxy groups -OCH3 is 3. The van der Waals surface area contributed by atoms with E-state index in [0.29, 0.717) is 35.6 Å². The summed E-state index contributed by atoms with van der Waals surface area (Å²) in [7, 11) is 4.72. The van der Waals surface area contributed by atoms with Gasteiger partial charge in [-0.05, 0) is 0 Å². The summed E-state index contributed by atoms with van der Waals surface area (Å²) in [6.45, 7) is 2.38. The van der Waals surface area contributed by atoms with E-state index in [9.17, 15) is 0 Å². The summed E-state index contributed by atoms with van der Waals surface area (Å²) in [5, 5.41) is 11.1. The van der Waals surface area contributed by atoms with Crippen LogP contribution in [0.25, 0.3) is 0 Å². The molecule has 1 aromatic heterocycles. The fraction of sp³-hybridized carbons (Fsp3) is 0.429. The van der Waals surface area contributed by atoms with Gasteiger partial charge in [0.25, 0.3) is 0 Å². The Bertz CT molecular complexity index is 573. The van der Waals surface area contributed by atoms with Crippen molar-refractivity contribution < 1.29 is 18.6 Å². The highest BCUT2D eigenvalue weighted by molar-refractivity contribution is 5.62. The van der Waals surface area contributed by atoms with Crippen LogP contribution in [0.3, 0.4) is 0 Å². The van der Waals surface area contributed by atoms with Gasteiger partial charge in [0.1, 0.15) is 0 Å². The molecule has 114 valence electrons. The lowest BCUT2D eigenvalue weighted by Gasteiger charge is -2.14. The number of aryl methyl sites for hydroxylation is 1. The highest BCUT2D eigenvalue weighted by atomic mass is 16.5. The van der Waals surface area contributed by atoms with Crippen molar-refractivity contribution in [3.8, 4) is 17.2 Å². The fourth-order valence-electron chi connectivity index (χ4n) is 1.86. The second kappa shape index (κ2) is 6.83. The monoisotopic (exact) mass is 293 g/mol. The number of rotatable bonds is 7. The molecule has 0 aliphatic rings. The molecule has 0 bridgehead atoms. The smallest absolute Gasteiger partial charge is 0.235 e. The zero-order valence-electron chi connectivity index (χ0n) is 12.6. The van der Waals surface area contributed by atoms with Crippen LogP contribution < -0.4 is 19.5 Å². The predicted molar refractivity (Wildman–Crippen MR) is 77.1 cm³/mol. The Morgan fingerprint density at radius 1 is 1.00 bits per heavy atom. The molecule has 0 radical (unpaired) electrons. The molecule has 0 saturated heterocycles. The van der Waals surface area contributed by atoms with Crippen molar-refractivity contribution in [2.45, 2.75) is 19.9 Å². The number of aromatic nitrogens is 2. The van der Waals surface area contributed by atoms with E-state index in [1.165, 1.54) is 0 Å². The lowest BCUT2D eigenvalue weighted by atomic mass is 10.2. The molecule has 0 aliphatic carbocycles. The number of nitrogens with one attached hydrogen (secondary N) is 1. The van der Waals surface area contributed by atoms with Crippen LogP contribution in [0.1, 0.15) is 18.7 Å². The second-order valence-corrected chi connectivity index (χ2v) is 4.21. The first kappa shape index (κ1) is 15.0. The SMILES string of the molecule is CCc1nnc(CNc2cc(OC)c(OC)c(OC)c2)o1. The predicted octanol–water partition coefficient (Wildman–Crippen LogP) is 2.27. The summed E-state index contributed by atoms with van der Waals surface area (Å²) in [5.41, 5.74) is 0.806. The van der Waals surface area contributed by atoms with Gasteiger partial charge < -0.3 is 23.9 Å². The number of benzene rings is 1. The lowest BCUT2D eigenvalue weighted by molar-refractivity contribution is 0.324. The van der Waals surface area contributed by atoms with Gasteiger partial charge in [-0.15, -0.1) is 10.2 Å². The minimum absolute atomic E-state index is 0.422. The number of hydrogen-bond donors (Lipinski definition) is 1. The molecule has 0 fully saturated rings. The van der Waals surface area contributed by atoms with Gasteiger partial charge in [0.15, 0.2) is 11.5 Å². The summed E-state index contributed by atoms with van der Waals surface area (Å²) in [5.74, 6) is 2.87. The van der Waals surface area contributed by atoms with Crippen molar-refractivity contribution >= 4 is 5.69 Å². The molecule has 7 heteroatoms.